The van der Waals surface area contributed by atoms with Crippen molar-refractivity contribution in [3.63, 3.8) is 0 Å². The number of ether oxygens (including phenoxy) is 1. The molecule has 1 aliphatic heterocycles. The van der Waals surface area contributed by atoms with Gasteiger partial charge in [0.05, 0.1) is 13.0 Å². The second kappa shape index (κ2) is 10.3. The van der Waals surface area contributed by atoms with Gasteiger partial charge in [0.2, 0.25) is 11.8 Å². The average Bonchev–Trinajstić information content (AvgIpc) is 2.74. The van der Waals surface area contributed by atoms with Crippen LogP contribution < -0.4 is 4.74 Å². The molecule has 29 heavy (non-hydrogen) atoms. The molecule has 6 heteroatoms. The van der Waals surface area contributed by atoms with Crippen molar-refractivity contribution in [1.82, 2.24) is 9.80 Å². The number of amides is 2. The summed E-state index contributed by atoms with van der Waals surface area (Å²) in [6, 6.07) is 15.2. The number of nitrogens with zero attached hydrogens (tertiary/aromatic N) is 2. The zero-order chi connectivity index (χ0) is 20.6. The molecule has 1 fully saturated rings. The van der Waals surface area contributed by atoms with E-state index in [9.17, 15) is 9.59 Å². The van der Waals surface area contributed by atoms with E-state index < -0.39 is 0 Å². The Morgan fingerprint density at radius 1 is 0.931 bits per heavy atom. The van der Waals surface area contributed by atoms with Crippen molar-refractivity contribution in [2.45, 2.75) is 26.2 Å². The summed E-state index contributed by atoms with van der Waals surface area (Å²) in [6.45, 7) is 4.87. The number of para-hydroxylation sites is 1. The Morgan fingerprint density at radius 2 is 1.55 bits per heavy atom. The second-order valence-corrected chi connectivity index (χ2v) is 7.72. The van der Waals surface area contributed by atoms with Crippen LogP contribution >= 0.6 is 11.6 Å². The molecule has 0 N–H and O–H groups in total. The first-order valence-electron chi connectivity index (χ1n) is 10.0. The second-order valence-electron chi connectivity index (χ2n) is 7.28. The Hall–Kier alpha value is -2.53. The van der Waals surface area contributed by atoms with Crippen LogP contribution in [0, 0.1) is 6.92 Å². The standard InChI is InChI=1S/C23H27ClN2O3/c1-18-5-2-3-6-21(18)29-16-4-7-22(27)25-12-14-26(15-13-25)23(28)17-19-8-10-20(24)11-9-19/h2-3,5-6,8-11H,4,7,12-17H2,1H3. The van der Waals surface area contributed by atoms with Crippen LogP contribution in [0.5, 0.6) is 5.75 Å². The summed E-state index contributed by atoms with van der Waals surface area (Å²) in [5.74, 6) is 1.09. The van der Waals surface area contributed by atoms with E-state index in [2.05, 4.69) is 0 Å². The third-order valence-corrected chi connectivity index (χ3v) is 5.39. The van der Waals surface area contributed by atoms with Gasteiger partial charge in [-0.1, -0.05) is 41.9 Å². The molecular formula is C23H27ClN2O3. The molecule has 1 saturated heterocycles. The number of rotatable bonds is 7. The van der Waals surface area contributed by atoms with Gasteiger partial charge >= 0.3 is 0 Å². The van der Waals surface area contributed by atoms with E-state index in [1.165, 1.54) is 0 Å². The fraction of sp³-hybridized carbons (Fsp3) is 0.391. The van der Waals surface area contributed by atoms with Gasteiger partial charge in [0.25, 0.3) is 0 Å². The summed E-state index contributed by atoms with van der Waals surface area (Å²) >= 11 is 5.89. The first-order valence-corrected chi connectivity index (χ1v) is 10.4. The molecule has 0 saturated carbocycles. The van der Waals surface area contributed by atoms with Gasteiger partial charge in [-0.05, 0) is 42.7 Å². The van der Waals surface area contributed by atoms with Crippen molar-refractivity contribution in [3.8, 4) is 5.75 Å². The molecule has 0 radical (unpaired) electrons. The maximum Gasteiger partial charge on any atom is 0.227 e. The minimum absolute atomic E-state index is 0.0889. The highest BCUT2D eigenvalue weighted by Gasteiger charge is 2.23. The zero-order valence-electron chi connectivity index (χ0n) is 16.8. The maximum atomic E-state index is 12.5. The average molecular weight is 415 g/mol. The summed E-state index contributed by atoms with van der Waals surface area (Å²) in [7, 11) is 0. The lowest BCUT2D eigenvalue weighted by atomic mass is 10.1. The third-order valence-electron chi connectivity index (χ3n) is 5.14. The molecule has 0 atom stereocenters. The normalized spacial score (nSPS) is 14.0. The van der Waals surface area contributed by atoms with Gasteiger partial charge in [0.15, 0.2) is 0 Å². The largest absolute Gasteiger partial charge is 0.493 e. The predicted octanol–water partition coefficient (Wildman–Crippen LogP) is 3.72. The quantitative estimate of drug-likeness (QED) is 0.649. The molecule has 154 valence electrons. The summed E-state index contributed by atoms with van der Waals surface area (Å²) < 4.78 is 5.76. The summed E-state index contributed by atoms with van der Waals surface area (Å²) in [5.41, 5.74) is 2.05. The molecule has 1 aliphatic rings. The summed E-state index contributed by atoms with van der Waals surface area (Å²) in [6.07, 6.45) is 1.51. The first kappa shape index (κ1) is 21.2. The van der Waals surface area contributed by atoms with Crippen LogP contribution in [0.1, 0.15) is 24.0 Å². The number of hydrogen-bond acceptors (Lipinski definition) is 3. The molecule has 0 bridgehead atoms. The van der Waals surface area contributed by atoms with Crippen molar-refractivity contribution < 1.29 is 14.3 Å². The van der Waals surface area contributed by atoms with Crippen LogP contribution in [0.25, 0.3) is 0 Å². The van der Waals surface area contributed by atoms with Gasteiger partial charge < -0.3 is 14.5 Å². The number of halogens is 1. The molecule has 1 heterocycles. The van der Waals surface area contributed by atoms with E-state index in [4.69, 9.17) is 16.3 Å². The molecule has 5 nitrogen and oxygen atoms in total. The van der Waals surface area contributed by atoms with E-state index in [0.717, 1.165) is 16.9 Å². The highest BCUT2D eigenvalue weighted by molar-refractivity contribution is 6.30. The number of benzene rings is 2. The molecule has 2 amide bonds. The minimum Gasteiger partial charge on any atom is -0.493 e. The summed E-state index contributed by atoms with van der Waals surface area (Å²) in [5, 5.41) is 0.664. The van der Waals surface area contributed by atoms with E-state index in [-0.39, 0.29) is 11.8 Å². The van der Waals surface area contributed by atoms with Gasteiger partial charge in [-0.15, -0.1) is 0 Å². The number of aryl methyl sites for hydroxylation is 1. The van der Waals surface area contributed by atoms with Crippen molar-refractivity contribution in [3.05, 3.63) is 64.7 Å². The van der Waals surface area contributed by atoms with Gasteiger partial charge in [-0.2, -0.15) is 0 Å². The SMILES string of the molecule is Cc1ccccc1OCCCC(=O)N1CCN(C(=O)Cc2ccc(Cl)cc2)CC1. The highest BCUT2D eigenvalue weighted by Crippen LogP contribution is 2.17. The molecule has 0 aromatic heterocycles. The van der Waals surface area contributed by atoms with Gasteiger partial charge in [0, 0.05) is 37.6 Å². The molecule has 2 aromatic rings. The Bertz CT molecular complexity index is 830. The topological polar surface area (TPSA) is 49.9 Å². The van der Waals surface area contributed by atoms with Crippen LogP contribution in [0.15, 0.2) is 48.5 Å². The minimum atomic E-state index is 0.0889. The lowest BCUT2D eigenvalue weighted by Crippen LogP contribution is -2.51. The number of carbonyl (C=O) groups is 2. The molecule has 3 rings (SSSR count). The lowest BCUT2D eigenvalue weighted by Gasteiger charge is -2.35. The zero-order valence-corrected chi connectivity index (χ0v) is 17.5. The smallest absolute Gasteiger partial charge is 0.227 e. The lowest BCUT2D eigenvalue weighted by molar-refractivity contribution is -0.139. The molecule has 0 unspecified atom stereocenters. The van der Waals surface area contributed by atoms with E-state index in [1.54, 1.807) is 12.1 Å². The Kier molecular flexibility index (Phi) is 7.53. The van der Waals surface area contributed by atoms with E-state index >= 15 is 0 Å². The molecule has 0 aliphatic carbocycles. The Morgan fingerprint density at radius 3 is 2.21 bits per heavy atom. The Balaban J connectivity index is 1.36. The third kappa shape index (κ3) is 6.23. The number of piperazine rings is 1. The van der Waals surface area contributed by atoms with Crippen LogP contribution in [-0.4, -0.2) is 54.4 Å². The van der Waals surface area contributed by atoms with Crippen molar-refractivity contribution >= 4 is 23.4 Å². The van der Waals surface area contributed by atoms with Gasteiger partial charge in [-0.3, -0.25) is 9.59 Å². The Labute approximate surface area is 177 Å². The predicted molar refractivity (Wildman–Crippen MR) is 114 cm³/mol. The number of hydrogen-bond donors (Lipinski definition) is 0. The molecule has 2 aromatic carbocycles. The summed E-state index contributed by atoms with van der Waals surface area (Å²) in [4.78, 5) is 28.6. The molecule has 0 spiro atoms. The van der Waals surface area contributed by atoms with Crippen LogP contribution in [0.2, 0.25) is 5.02 Å². The van der Waals surface area contributed by atoms with E-state index in [0.29, 0.717) is 57.1 Å². The number of carbonyl (C=O) groups excluding carboxylic acids is 2. The fourth-order valence-corrected chi connectivity index (χ4v) is 3.50. The van der Waals surface area contributed by atoms with Crippen LogP contribution in [0.3, 0.4) is 0 Å². The monoisotopic (exact) mass is 414 g/mol. The van der Waals surface area contributed by atoms with Gasteiger partial charge in [0.1, 0.15) is 5.75 Å². The van der Waals surface area contributed by atoms with E-state index in [1.807, 2.05) is 53.1 Å². The van der Waals surface area contributed by atoms with Crippen molar-refractivity contribution in [1.29, 1.82) is 0 Å². The maximum absolute atomic E-state index is 12.5. The highest BCUT2D eigenvalue weighted by atomic mass is 35.5. The van der Waals surface area contributed by atoms with Crippen molar-refractivity contribution in [2.24, 2.45) is 0 Å². The fourth-order valence-electron chi connectivity index (χ4n) is 3.38. The van der Waals surface area contributed by atoms with Crippen molar-refractivity contribution in [2.75, 3.05) is 32.8 Å². The first-order chi connectivity index (χ1) is 14.0. The van der Waals surface area contributed by atoms with Gasteiger partial charge in [-0.25, -0.2) is 0 Å². The molecular weight excluding hydrogens is 388 g/mol. The van der Waals surface area contributed by atoms with Crippen LogP contribution in [0.4, 0.5) is 0 Å². The van der Waals surface area contributed by atoms with Crippen LogP contribution in [-0.2, 0) is 16.0 Å².